The first kappa shape index (κ1) is 18.0. The molecule has 1 aromatic carbocycles. The molecule has 0 aliphatic carbocycles. The first-order valence-corrected chi connectivity index (χ1v) is 8.53. The second kappa shape index (κ2) is 9.04. The molecule has 0 bridgehead atoms. The molecule has 0 saturated heterocycles. The van der Waals surface area contributed by atoms with Crippen LogP contribution < -0.4 is 5.32 Å². The molecule has 0 amide bonds. The predicted molar refractivity (Wildman–Crippen MR) is 92.6 cm³/mol. The molecule has 0 fully saturated rings. The second-order valence-electron chi connectivity index (χ2n) is 5.43. The van der Waals surface area contributed by atoms with Crippen molar-refractivity contribution in [1.82, 2.24) is 10.2 Å². The van der Waals surface area contributed by atoms with Crippen molar-refractivity contribution in [2.75, 3.05) is 20.1 Å². The van der Waals surface area contributed by atoms with Crippen LogP contribution in [0.5, 0.6) is 0 Å². The van der Waals surface area contributed by atoms with E-state index in [1.807, 2.05) is 13.1 Å². The molecule has 0 radical (unpaired) electrons. The number of rotatable bonds is 8. The Kier molecular flexibility index (Phi) is 8.11. The van der Waals surface area contributed by atoms with E-state index in [0.717, 1.165) is 29.0 Å². The quantitative estimate of drug-likeness (QED) is 0.710. The van der Waals surface area contributed by atoms with E-state index in [-0.39, 0.29) is 0 Å². The number of nitrogens with one attached hydrogen (secondary N) is 1. The van der Waals surface area contributed by atoms with Crippen LogP contribution in [0.15, 0.2) is 22.7 Å². The van der Waals surface area contributed by atoms with Crippen LogP contribution in [0.2, 0.25) is 5.02 Å². The zero-order valence-corrected chi connectivity index (χ0v) is 15.3. The van der Waals surface area contributed by atoms with Gasteiger partial charge in [0.15, 0.2) is 0 Å². The molecule has 1 N–H and O–H groups in total. The SMILES string of the molecule is CCCN(CCC(NC)c1ccc(Br)cc1Cl)C(C)C. The third kappa shape index (κ3) is 5.36. The van der Waals surface area contributed by atoms with Gasteiger partial charge in [0, 0.05) is 28.1 Å². The third-order valence-electron chi connectivity index (χ3n) is 3.63. The summed E-state index contributed by atoms with van der Waals surface area (Å²) in [5.41, 5.74) is 1.18. The number of hydrogen-bond acceptors (Lipinski definition) is 2. The highest BCUT2D eigenvalue weighted by Crippen LogP contribution is 2.28. The largest absolute Gasteiger partial charge is 0.313 e. The lowest BCUT2D eigenvalue weighted by Gasteiger charge is -2.28. The van der Waals surface area contributed by atoms with Crippen LogP contribution in [-0.4, -0.2) is 31.1 Å². The van der Waals surface area contributed by atoms with Gasteiger partial charge in [-0.25, -0.2) is 0 Å². The third-order valence-corrected chi connectivity index (χ3v) is 4.45. The number of halogens is 2. The number of benzene rings is 1. The molecule has 0 aliphatic rings. The van der Waals surface area contributed by atoms with E-state index in [9.17, 15) is 0 Å². The van der Waals surface area contributed by atoms with Crippen molar-refractivity contribution in [3.8, 4) is 0 Å². The van der Waals surface area contributed by atoms with Crippen LogP contribution >= 0.6 is 27.5 Å². The van der Waals surface area contributed by atoms with Crippen LogP contribution in [0, 0.1) is 0 Å². The zero-order chi connectivity index (χ0) is 15.1. The summed E-state index contributed by atoms with van der Waals surface area (Å²) in [4.78, 5) is 2.52. The van der Waals surface area contributed by atoms with E-state index in [4.69, 9.17) is 11.6 Å². The molecule has 0 spiro atoms. The van der Waals surface area contributed by atoms with Crippen LogP contribution in [0.25, 0.3) is 0 Å². The van der Waals surface area contributed by atoms with E-state index >= 15 is 0 Å². The molecule has 1 rings (SSSR count). The van der Waals surface area contributed by atoms with Gasteiger partial charge in [0.25, 0.3) is 0 Å². The Morgan fingerprint density at radius 1 is 1.30 bits per heavy atom. The van der Waals surface area contributed by atoms with E-state index in [2.05, 4.69) is 59.1 Å². The van der Waals surface area contributed by atoms with Gasteiger partial charge in [0.1, 0.15) is 0 Å². The van der Waals surface area contributed by atoms with Crippen molar-refractivity contribution in [3.63, 3.8) is 0 Å². The fraction of sp³-hybridized carbons (Fsp3) is 0.625. The Hall–Kier alpha value is -0.0900. The fourth-order valence-electron chi connectivity index (χ4n) is 2.45. The molecule has 4 heteroatoms. The average molecular weight is 362 g/mol. The number of hydrogen-bond donors (Lipinski definition) is 1. The maximum absolute atomic E-state index is 6.36. The van der Waals surface area contributed by atoms with Gasteiger partial charge in [0.2, 0.25) is 0 Å². The lowest BCUT2D eigenvalue weighted by Crippen LogP contribution is -2.34. The van der Waals surface area contributed by atoms with Gasteiger partial charge < -0.3 is 10.2 Å². The monoisotopic (exact) mass is 360 g/mol. The first-order chi connectivity index (χ1) is 9.49. The van der Waals surface area contributed by atoms with E-state index in [0.29, 0.717) is 12.1 Å². The lowest BCUT2D eigenvalue weighted by molar-refractivity contribution is 0.211. The Morgan fingerprint density at radius 2 is 2.00 bits per heavy atom. The molecule has 1 atom stereocenters. The Balaban J connectivity index is 2.71. The summed E-state index contributed by atoms with van der Waals surface area (Å²) < 4.78 is 1.02. The first-order valence-electron chi connectivity index (χ1n) is 7.35. The molecule has 114 valence electrons. The number of nitrogens with zero attached hydrogens (tertiary/aromatic N) is 1. The smallest absolute Gasteiger partial charge is 0.0465 e. The van der Waals surface area contributed by atoms with Crippen molar-refractivity contribution < 1.29 is 0 Å². The Morgan fingerprint density at radius 3 is 2.50 bits per heavy atom. The average Bonchev–Trinajstić information content (AvgIpc) is 2.39. The van der Waals surface area contributed by atoms with Crippen molar-refractivity contribution in [3.05, 3.63) is 33.3 Å². The molecular formula is C16H26BrClN2. The van der Waals surface area contributed by atoms with Gasteiger partial charge in [-0.05, 0) is 58.0 Å². The highest BCUT2D eigenvalue weighted by molar-refractivity contribution is 9.10. The summed E-state index contributed by atoms with van der Waals surface area (Å²) >= 11 is 9.81. The summed E-state index contributed by atoms with van der Waals surface area (Å²) in [6.45, 7) is 9.00. The van der Waals surface area contributed by atoms with Gasteiger partial charge in [0.05, 0.1) is 0 Å². The van der Waals surface area contributed by atoms with Gasteiger partial charge in [-0.2, -0.15) is 0 Å². The zero-order valence-electron chi connectivity index (χ0n) is 12.9. The van der Waals surface area contributed by atoms with Crippen LogP contribution in [0.3, 0.4) is 0 Å². The van der Waals surface area contributed by atoms with Gasteiger partial charge in [-0.3, -0.25) is 0 Å². The molecule has 20 heavy (non-hydrogen) atoms. The summed E-state index contributed by atoms with van der Waals surface area (Å²) in [6.07, 6.45) is 2.26. The normalized spacial score (nSPS) is 13.2. The molecule has 0 heterocycles. The predicted octanol–water partition coefficient (Wildman–Crippen LogP) is 4.87. The van der Waals surface area contributed by atoms with Crippen molar-refractivity contribution in [1.29, 1.82) is 0 Å². The van der Waals surface area contributed by atoms with Gasteiger partial charge in [-0.15, -0.1) is 0 Å². The maximum atomic E-state index is 6.36. The minimum Gasteiger partial charge on any atom is -0.313 e. The fourth-order valence-corrected chi connectivity index (χ4v) is 3.25. The Bertz CT molecular complexity index is 409. The Labute approximate surface area is 137 Å². The van der Waals surface area contributed by atoms with E-state index < -0.39 is 0 Å². The van der Waals surface area contributed by atoms with Gasteiger partial charge >= 0.3 is 0 Å². The van der Waals surface area contributed by atoms with Crippen molar-refractivity contribution >= 4 is 27.5 Å². The topological polar surface area (TPSA) is 15.3 Å². The molecule has 2 nitrogen and oxygen atoms in total. The van der Waals surface area contributed by atoms with Crippen LogP contribution in [0.1, 0.15) is 45.2 Å². The second-order valence-corrected chi connectivity index (χ2v) is 6.75. The maximum Gasteiger partial charge on any atom is 0.0465 e. The highest BCUT2D eigenvalue weighted by atomic mass is 79.9. The summed E-state index contributed by atoms with van der Waals surface area (Å²) in [6, 6.07) is 7.01. The summed E-state index contributed by atoms with van der Waals surface area (Å²) in [5.74, 6) is 0. The van der Waals surface area contributed by atoms with Crippen molar-refractivity contribution in [2.24, 2.45) is 0 Å². The lowest BCUT2D eigenvalue weighted by atomic mass is 10.0. The molecule has 1 aromatic rings. The minimum absolute atomic E-state index is 0.300. The molecule has 0 saturated carbocycles. The molecule has 0 aliphatic heterocycles. The molecule has 0 aromatic heterocycles. The van der Waals surface area contributed by atoms with Crippen molar-refractivity contribution in [2.45, 2.75) is 45.7 Å². The summed E-state index contributed by atoms with van der Waals surface area (Å²) in [7, 11) is 2.00. The van der Waals surface area contributed by atoms with E-state index in [1.165, 1.54) is 12.0 Å². The van der Waals surface area contributed by atoms with Crippen LogP contribution in [-0.2, 0) is 0 Å². The molecular weight excluding hydrogens is 336 g/mol. The van der Waals surface area contributed by atoms with E-state index in [1.54, 1.807) is 0 Å². The standard InChI is InChI=1S/C16H26BrClN2/c1-5-9-20(12(2)3)10-8-16(19-4)14-7-6-13(17)11-15(14)18/h6-7,11-12,16,19H,5,8-10H2,1-4H3. The minimum atomic E-state index is 0.300. The summed E-state index contributed by atoms with van der Waals surface area (Å²) in [5, 5.41) is 4.21. The molecule has 1 unspecified atom stereocenters. The van der Waals surface area contributed by atoms with Gasteiger partial charge in [-0.1, -0.05) is 40.5 Å². The highest BCUT2D eigenvalue weighted by Gasteiger charge is 2.16. The van der Waals surface area contributed by atoms with Crippen LogP contribution in [0.4, 0.5) is 0 Å².